The lowest BCUT2D eigenvalue weighted by Gasteiger charge is -2.00. The van der Waals surface area contributed by atoms with E-state index in [2.05, 4.69) is 0 Å². The molecule has 1 aromatic heterocycles. The van der Waals surface area contributed by atoms with Crippen molar-refractivity contribution in [2.75, 3.05) is 0 Å². The van der Waals surface area contributed by atoms with Crippen molar-refractivity contribution >= 4 is 35.1 Å². The van der Waals surface area contributed by atoms with E-state index in [9.17, 15) is 4.79 Å². The van der Waals surface area contributed by atoms with Gasteiger partial charge in [0, 0.05) is 16.1 Å². The highest BCUT2D eigenvalue weighted by molar-refractivity contribution is 6.36. The van der Waals surface area contributed by atoms with Gasteiger partial charge in [-0.3, -0.25) is 4.79 Å². The smallest absolute Gasteiger partial charge is 0.187 e. The predicted molar refractivity (Wildman–Crippen MR) is 94.0 cm³/mol. The number of halogens is 2. The molecule has 0 amide bonds. The van der Waals surface area contributed by atoms with Crippen LogP contribution < -0.4 is 0 Å². The molecule has 4 heteroatoms. The largest absolute Gasteiger partial charge is 0.457 e. The molecule has 0 spiro atoms. The van der Waals surface area contributed by atoms with Crippen LogP contribution in [0.1, 0.15) is 16.1 Å². The van der Waals surface area contributed by atoms with E-state index in [4.69, 9.17) is 27.6 Å². The summed E-state index contributed by atoms with van der Waals surface area (Å²) in [6, 6.07) is 18.2. The maximum Gasteiger partial charge on any atom is 0.187 e. The highest BCUT2D eigenvalue weighted by Crippen LogP contribution is 2.24. The van der Waals surface area contributed by atoms with Crippen molar-refractivity contribution < 1.29 is 9.21 Å². The maximum atomic E-state index is 12.2. The molecule has 0 N–H and O–H groups in total. The zero-order valence-corrected chi connectivity index (χ0v) is 13.5. The Labute approximate surface area is 144 Å². The highest BCUT2D eigenvalue weighted by atomic mass is 35.5. The van der Waals surface area contributed by atoms with Gasteiger partial charge in [-0.1, -0.05) is 53.5 Å². The first-order valence-electron chi connectivity index (χ1n) is 6.96. The number of ketones is 1. The van der Waals surface area contributed by atoms with Gasteiger partial charge in [-0.25, -0.2) is 0 Å². The fourth-order valence-electron chi connectivity index (χ4n) is 2.13. The Balaban J connectivity index is 1.79. The summed E-state index contributed by atoms with van der Waals surface area (Å²) in [4.78, 5) is 12.2. The van der Waals surface area contributed by atoms with Gasteiger partial charge in [-0.15, -0.1) is 0 Å². The molecule has 23 heavy (non-hydrogen) atoms. The van der Waals surface area contributed by atoms with E-state index in [1.165, 1.54) is 6.08 Å². The minimum Gasteiger partial charge on any atom is -0.457 e. The number of carbonyl (C=O) groups is 1. The molecule has 0 radical (unpaired) electrons. The summed E-state index contributed by atoms with van der Waals surface area (Å²) in [6.45, 7) is 0. The van der Waals surface area contributed by atoms with E-state index >= 15 is 0 Å². The van der Waals surface area contributed by atoms with Gasteiger partial charge in [0.15, 0.2) is 5.78 Å². The summed E-state index contributed by atoms with van der Waals surface area (Å²) in [7, 11) is 0. The number of benzene rings is 2. The molecule has 3 rings (SSSR count). The second kappa shape index (κ2) is 6.86. The summed E-state index contributed by atoms with van der Waals surface area (Å²) in [6.07, 6.45) is 3.04. The van der Waals surface area contributed by atoms with E-state index in [0.717, 1.165) is 11.3 Å². The Bertz CT molecular complexity index is 864. The lowest BCUT2D eigenvalue weighted by atomic mass is 10.1. The monoisotopic (exact) mass is 342 g/mol. The molecule has 0 bridgehead atoms. The molecule has 0 unspecified atom stereocenters. The number of rotatable bonds is 4. The van der Waals surface area contributed by atoms with Crippen molar-refractivity contribution in [2.45, 2.75) is 0 Å². The highest BCUT2D eigenvalue weighted by Gasteiger charge is 2.09. The van der Waals surface area contributed by atoms with Gasteiger partial charge in [0.1, 0.15) is 11.5 Å². The quantitative estimate of drug-likeness (QED) is 0.420. The molecular weight excluding hydrogens is 331 g/mol. The molecular formula is C19H12Cl2O2. The molecule has 0 aliphatic carbocycles. The molecule has 0 aliphatic rings. The van der Waals surface area contributed by atoms with Crippen LogP contribution in [0.5, 0.6) is 0 Å². The third kappa shape index (κ3) is 3.73. The fourth-order valence-corrected chi connectivity index (χ4v) is 2.52. The number of hydrogen-bond acceptors (Lipinski definition) is 2. The van der Waals surface area contributed by atoms with Gasteiger partial charge in [-0.05, 0) is 42.5 Å². The van der Waals surface area contributed by atoms with Crippen LogP contribution in [-0.4, -0.2) is 5.78 Å². The summed E-state index contributed by atoms with van der Waals surface area (Å²) in [5.41, 5.74) is 1.35. The van der Waals surface area contributed by atoms with Gasteiger partial charge in [0.2, 0.25) is 0 Å². The van der Waals surface area contributed by atoms with Gasteiger partial charge < -0.3 is 4.42 Å². The zero-order chi connectivity index (χ0) is 16.2. The Morgan fingerprint density at radius 1 is 0.957 bits per heavy atom. The van der Waals surface area contributed by atoms with Gasteiger partial charge in [0.05, 0.1) is 5.02 Å². The lowest BCUT2D eigenvalue weighted by molar-refractivity contribution is 0.104. The van der Waals surface area contributed by atoms with Crippen molar-refractivity contribution in [1.29, 1.82) is 0 Å². The number of carbonyl (C=O) groups excluding carboxylic acids is 1. The second-order valence-corrected chi connectivity index (χ2v) is 5.73. The molecule has 2 aromatic carbocycles. The zero-order valence-electron chi connectivity index (χ0n) is 12.0. The van der Waals surface area contributed by atoms with Crippen molar-refractivity contribution in [3.8, 4) is 11.3 Å². The van der Waals surface area contributed by atoms with Crippen LogP contribution >= 0.6 is 23.2 Å². The summed E-state index contributed by atoms with van der Waals surface area (Å²) in [5.74, 6) is 1.11. The summed E-state index contributed by atoms with van der Waals surface area (Å²) in [5, 5.41) is 0.837. The average Bonchev–Trinajstić information content (AvgIpc) is 3.05. The fraction of sp³-hybridized carbons (Fsp3) is 0. The van der Waals surface area contributed by atoms with Gasteiger partial charge in [-0.2, -0.15) is 0 Å². The van der Waals surface area contributed by atoms with E-state index in [-0.39, 0.29) is 5.78 Å². The first kappa shape index (κ1) is 15.6. The second-order valence-electron chi connectivity index (χ2n) is 4.89. The van der Waals surface area contributed by atoms with Crippen LogP contribution in [0.25, 0.3) is 17.4 Å². The average molecular weight is 343 g/mol. The van der Waals surface area contributed by atoms with Gasteiger partial charge >= 0.3 is 0 Å². The molecule has 2 nitrogen and oxygen atoms in total. The Morgan fingerprint density at radius 2 is 1.74 bits per heavy atom. The van der Waals surface area contributed by atoms with Crippen LogP contribution in [0.3, 0.4) is 0 Å². The third-order valence-corrected chi connectivity index (χ3v) is 3.84. The van der Waals surface area contributed by atoms with Crippen LogP contribution in [-0.2, 0) is 0 Å². The van der Waals surface area contributed by atoms with Crippen molar-refractivity contribution in [3.05, 3.63) is 88.1 Å². The Morgan fingerprint density at radius 3 is 2.52 bits per heavy atom. The van der Waals surface area contributed by atoms with Crippen LogP contribution in [0, 0.1) is 0 Å². The van der Waals surface area contributed by atoms with E-state index in [1.54, 1.807) is 24.3 Å². The van der Waals surface area contributed by atoms with E-state index < -0.39 is 0 Å². The summed E-state index contributed by atoms with van der Waals surface area (Å²) >= 11 is 11.9. The molecule has 114 valence electrons. The molecule has 1 heterocycles. The summed E-state index contributed by atoms with van der Waals surface area (Å²) < 4.78 is 5.71. The van der Waals surface area contributed by atoms with Gasteiger partial charge in [0.25, 0.3) is 0 Å². The van der Waals surface area contributed by atoms with Crippen molar-refractivity contribution in [1.82, 2.24) is 0 Å². The molecule has 0 fully saturated rings. The minimum atomic E-state index is -0.227. The van der Waals surface area contributed by atoms with Crippen LogP contribution in [0.2, 0.25) is 10.0 Å². The standard InChI is InChI=1S/C19H12Cl2O2/c20-14-6-9-17(21)16(12-14)18(22)10-7-15-8-11-19(23-15)13-4-2-1-3-5-13/h1-12H/b10-7+. The first-order valence-corrected chi connectivity index (χ1v) is 7.72. The number of hydrogen-bond donors (Lipinski definition) is 0. The number of furan rings is 1. The van der Waals surface area contributed by atoms with Crippen LogP contribution in [0.15, 0.2) is 71.2 Å². The molecule has 0 saturated heterocycles. The Hall–Kier alpha value is -2.29. The molecule has 0 atom stereocenters. The molecule has 0 aliphatic heterocycles. The normalized spacial score (nSPS) is 11.0. The maximum absolute atomic E-state index is 12.2. The minimum absolute atomic E-state index is 0.227. The topological polar surface area (TPSA) is 30.2 Å². The SMILES string of the molecule is O=C(/C=C/c1ccc(-c2ccccc2)o1)c1cc(Cl)ccc1Cl. The van der Waals surface area contributed by atoms with Crippen molar-refractivity contribution in [2.24, 2.45) is 0 Å². The third-order valence-electron chi connectivity index (χ3n) is 3.28. The predicted octanol–water partition coefficient (Wildman–Crippen LogP) is 6.15. The molecule has 0 saturated carbocycles. The lowest BCUT2D eigenvalue weighted by Crippen LogP contribution is -1.95. The van der Waals surface area contributed by atoms with Crippen molar-refractivity contribution in [3.63, 3.8) is 0 Å². The van der Waals surface area contributed by atoms with E-state index in [0.29, 0.717) is 21.4 Å². The van der Waals surface area contributed by atoms with E-state index in [1.807, 2.05) is 42.5 Å². The number of allylic oxidation sites excluding steroid dienone is 1. The molecule has 3 aromatic rings. The van der Waals surface area contributed by atoms with Crippen LogP contribution in [0.4, 0.5) is 0 Å². The Kier molecular flexibility index (Phi) is 4.65. The first-order chi connectivity index (χ1) is 11.1.